The van der Waals surface area contributed by atoms with Crippen LogP contribution in [0, 0.1) is 7.14 Å². The van der Waals surface area contributed by atoms with Gasteiger partial charge in [0, 0.05) is 9.13 Å². The molecule has 4 aromatic rings. The van der Waals surface area contributed by atoms with Crippen molar-refractivity contribution in [3.8, 4) is 11.5 Å². The summed E-state index contributed by atoms with van der Waals surface area (Å²) in [5.41, 5.74) is 5.02. The number of hydrogen-bond donors (Lipinski definition) is 1. The fourth-order valence-electron chi connectivity index (χ4n) is 3.38. The molecule has 4 aromatic carbocycles. The number of hydrogen-bond acceptors (Lipinski definition) is 4. The van der Waals surface area contributed by atoms with Crippen molar-refractivity contribution in [2.45, 2.75) is 6.61 Å². The van der Waals surface area contributed by atoms with E-state index in [0.717, 1.165) is 18.3 Å². The van der Waals surface area contributed by atoms with Gasteiger partial charge in [-0.05, 0) is 97.4 Å². The average molecular weight is 662 g/mol. The number of amides is 1. The summed E-state index contributed by atoms with van der Waals surface area (Å²) in [5.74, 6) is 1.01. The van der Waals surface area contributed by atoms with Crippen LogP contribution in [0.3, 0.4) is 0 Å². The van der Waals surface area contributed by atoms with E-state index in [1.165, 1.54) is 10.8 Å². The fraction of sp³-hybridized carbons (Fsp3) is 0.0769. The number of nitrogens with one attached hydrogen (secondary N) is 1. The Morgan fingerprint density at radius 3 is 2.61 bits per heavy atom. The zero-order chi connectivity index (χ0) is 23.2. The minimum Gasteiger partial charge on any atom is -0.493 e. The average Bonchev–Trinajstić information content (AvgIpc) is 2.83. The molecule has 0 spiro atoms. The smallest absolute Gasteiger partial charge is 0.271 e. The highest BCUT2D eigenvalue weighted by atomic mass is 127. The van der Waals surface area contributed by atoms with Crippen LogP contribution in [0.1, 0.15) is 21.5 Å². The highest BCUT2D eigenvalue weighted by molar-refractivity contribution is 14.1. The van der Waals surface area contributed by atoms with Gasteiger partial charge in [0.2, 0.25) is 0 Å². The predicted molar refractivity (Wildman–Crippen MR) is 148 cm³/mol. The first-order valence-corrected chi connectivity index (χ1v) is 12.3. The first-order valence-electron chi connectivity index (χ1n) is 10.1. The highest BCUT2D eigenvalue weighted by Gasteiger charge is 2.12. The van der Waals surface area contributed by atoms with E-state index in [-0.39, 0.29) is 5.91 Å². The number of carbonyl (C=O) groups is 1. The van der Waals surface area contributed by atoms with E-state index in [1.54, 1.807) is 25.5 Å². The van der Waals surface area contributed by atoms with Crippen molar-refractivity contribution in [2.75, 3.05) is 7.11 Å². The molecule has 0 bridgehead atoms. The molecule has 0 unspecified atom stereocenters. The van der Waals surface area contributed by atoms with Crippen molar-refractivity contribution in [1.82, 2.24) is 5.43 Å². The lowest BCUT2D eigenvalue weighted by molar-refractivity contribution is 0.0955. The van der Waals surface area contributed by atoms with E-state index < -0.39 is 0 Å². The maximum Gasteiger partial charge on any atom is 0.271 e. The molecule has 0 aliphatic carbocycles. The predicted octanol–water partition coefficient (Wildman–Crippen LogP) is 6.40. The molecule has 0 saturated carbocycles. The SMILES string of the molecule is COc1cc(/C=N\NC(=O)c2cccc(I)c2)cc(I)c1OCc1cccc2ccccc12. The van der Waals surface area contributed by atoms with E-state index in [2.05, 4.69) is 80.0 Å². The van der Waals surface area contributed by atoms with Gasteiger partial charge in [-0.25, -0.2) is 5.43 Å². The first kappa shape index (κ1) is 23.5. The third-order valence-corrected chi connectivity index (χ3v) is 6.44. The van der Waals surface area contributed by atoms with Gasteiger partial charge in [0.1, 0.15) is 6.61 Å². The molecule has 0 aliphatic rings. The monoisotopic (exact) mass is 662 g/mol. The number of benzene rings is 4. The molecule has 4 rings (SSSR count). The van der Waals surface area contributed by atoms with E-state index in [4.69, 9.17) is 9.47 Å². The molecular formula is C26H20I2N2O3. The third-order valence-electron chi connectivity index (χ3n) is 4.97. The second-order valence-electron chi connectivity index (χ2n) is 7.17. The Morgan fingerprint density at radius 2 is 1.79 bits per heavy atom. The van der Waals surface area contributed by atoms with E-state index >= 15 is 0 Å². The Kier molecular flexibility index (Phi) is 7.81. The zero-order valence-electron chi connectivity index (χ0n) is 17.7. The van der Waals surface area contributed by atoms with Crippen LogP contribution >= 0.6 is 45.2 Å². The van der Waals surface area contributed by atoms with Crippen molar-refractivity contribution in [3.05, 3.63) is 103 Å². The summed E-state index contributed by atoms with van der Waals surface area (Å²) in [6.07, 6.45) is 1.59. The number of nitrogens with zero attached hydrogens (tertiary/aromatic N) is 1. The standard InChI is InChI=1S/C26H20I2N2O3/c1-32-24-13-17(15-29-30-26(31)19-8-5-10-21(27)14-19)12-23(28)25(24)33-16-20-9-4-7-18-6-2-3-11-22(18)20/h2-15H,16H2,1H3,(H,30,31)/b29-15-. The van der Waals surface area contributed by atoms with Crippen molar-refractivity contribution in [2.24, 2.45) is 5.10 Å². The Balaban J connectivity index is 1.48. The molecule has 0 saturated heterocycles. The van der Waals surface area contributed by atoms with Crippen molar-refractivity contribution in [3.63, 3.8) is 0 Å². The summed E-state index contributed by atoms with van der Waals surface area (Å²) >= 11 is 4.39. The van der Waals surface area contributed by atoms with Crippen molar-refractivity contribution < 1.29 is 14.3 Å². The minimum atomic E-state index is -0.263. The molecule has 5 nitrogen and oxygen atoms in total. The molecule has 33 heavy (non-hydrogen) atoms. The summed E-state index contributed by atoms with van der Waals surface area (Å²) < 4.78 is 13.6. The lowest BCUT2D eigenvalue weighted by Gasteiger charge is -2.14. The molecule has 1 amide bonds. The van der Waals surface area contributed by atoms with E-state index in [0.29, 0.717) is 23.7 Å². The lowest BCUT2D eigenvalue weighted by Crippen LogP contribution is -2.17. The second-order valence-corrected chi connectivity index (χ2v) is 9.58. The summed E-state index contributed by atoms with van der Waals surface area (Å²) in [5, 5.41) is 6.44. The van der Waals surface area contributed by atoms with Crippen LogP contribution in [-0.4, -0.2) is 19.2 Å². The van der Waals surface area contributed by atoms with Crippen LogP contribution in [-0.2, 0) is 6.61 Å². The molecule has 166 valence electrons. The Morgan fingerprint density at radius 1 is 1.00 bits per heavy atom. The first-order chi connectivity index (χ1) is 16.0. The molecule has 0 radical (unpaired) electrons. The minimum absolute atomic E-state index is 0.263. The molecule has 0 fully saturated rings. The maximum atomic E-state index is 12.3. The normalized spacial score (nSPS) is 11.0. The zero-order valence-corrected chi connectivity index (χ0v) is 22.0. The number of halogens is 2. The van der Waals surface area contributed by atoms with Crippen LogP contribution < -0.4 is 14.9 Å². The second kappa shape index (κ2) is 11.0. The summed E-state index contributed by atoms with van der Waals surface area (Å²) in [7, 11) is 1.61. The Bertz CT molecular complexity index is 1330. The van der Waals surface area contributed by atoms with Gasteiger partial charge in [0.15, 0.2) is 11.5 Å². The lowest BCUT2D eigenvalue weighted by atomic mass is 10.1. The number of ether oxygens (including phenoxy) is 2. The van der Waals surface area contributed by atoms with Gasteiger partial charge in [-0.2, -0.15) is 5.10 Å². The molecule has 1 N–H and O–H groups in total. The molecule has 0 aliphatic heterocycles. The van der Waals surface area contributed by atoms with Gasteiger partial charge >= 0.3 is 0 Å². The van der Waals surface area contributed by atoms with Gasteiger partial charge in [-0.1, -0.05) is 48.5 Å². The van der Waals surface area contributed by atoms with Crippen LogP contribution in [0.15, 0.2) is 84.0 Å². The molecular weight excluding hydrogens is 642 g/mol. The highest BCUT2D eigenvalue weighted by Crippen LogP contribution is 2.34. The van der Waals surface area contributed by atoms with Crippen LogP contribution in [0.25, 0.3) is 10.8 Å². The maximum absolute atomic E-state index is 12.3. The number of carbonyl (C=O) groups excluding carboxylic acids is 1. The summed E-state index contributed by atoms with van der Waals surface area (Å²) in [6.45, 7) is 0.424. The number of methoxy groups -OCH3 is 1. The molecule has 7 heteroatoms. The largest absolute Gasteiger partial charge is 0.493 e. The van der Waals surface area contributed by atoms with Crippen molar-refractivity contribution in [1.29, 1.82) is 0 Å². The Hall–Kier alpha value is -2.66. The van der Waals surface area contributed by atoms with Crippen LogP contribution in [0.5, 0.6) is 11.5 Å². The Labute approximate surface area is 219 Å². The van der Waals surface area contributed by atoms with Gasteiger partial charge in [-0.15, -0.1) is 0 Å². The third kappa shape index (κ3) is 5.83. The van der Waals surface area contributed by atoms with Gasteiger partial charge in [-0.3, -0.25) is 4.79 Å². The summed E-state index contributed by atoms with van der Waals surface area (Å²) in [6, 6.07) is 25.5. The summed E-state index contributed by atoms with van der Waals surface area (Å²) in [4.78, 5) is 12.3. The molecule has 0 heterocycles. The number of rotatable bonds is 7. The number of hydrazone groups is 1. The molecule has 0 atom stereocenters. The van der Waals surface area contributed by atoms with Gasteiger partial charge in [0.05, 0.1) is 16.9 Å². The molecule has 0 aromatic heterocycles. The topological polar surface area (TPSA) is 59.9 Å². The van der Waals surface area contributed by atoms with E-state index in [9.17, 15) is 4.79 Å². The van der Waals surface area contributed by atoms with Gasteiger partial charge in [0.25, 0.3) is 5.91 Å². The van der Waals surface area contributed by atoms with Gasteiger partial charge < -0.3 is 9.47 Å². The van der Waals surface area contributed by atoms with Crippen molar-refractivity contribution >= 4 is 68.1 Å². The quantitative estimate of drug-likeness (QED) is 0.142. The fourth-order valence-corrected chi connectivity index (χ4v) is 4.71. The van der Waals surface area contributed by atoms with Crippen LogP contribution in [0.4, 0.5) is 0 Å². The number of fused-ring (bicyclic) bond motifs is 1. The van der Waals surface area contributed by atoms with Crippen LogP contribution in [0.2, 0.25) is 0 Å². The van der Waals surface area contributed by atoms with E-state index in [1.807, 2.05) is 42.5 Å².